The van der Waals surface area contributed by atoms with Crippen LogP contribution in [0.15, 0.2) is 30.3 Å². The van der Waals surface area contributed by atoms with Crippen molar-refractivity contribution in [3.8, 4) is 0 Å². The number of thiazole rings is 1. The highest BCUT2D eigenvalue weighted by Gasteiger charge is 2.13. The maximum absolute atomic E-state index is 4.88. The van der Waals surface area contributed by atoms with Crippen molar-refractivity contribution in [3.63, 3.8) is 0 Å². The first-order chi connectivity index (χ1) is 10.2. The van der Waals surface area contributed by atoms with E-state index >= 15 is 0 Å². The van der Waals surface area contributed by atoms with E-state index < -0.39 is 0 Å². The van der Waals surface area contributed by atoms with Crippen LogP contribution in [-0.2, 0) is 19.4 Å². The Balaban J connectivity index is 2.01. The average molecular weight is 302 g/mol. The third kappa shape index (κ3) is 4.94. The second kappa shape index (κ2) is 8.30. The van der Waals surface area contributed by atoms with Crippen molar-refractivity contribution in [2.45, 2.75) is 52.5 Å². The van der Waals surface area contributed by atoms with E-state index in [4.69, 9.17) is 4.98 Å². The molecular formula is C18H26N2S. The number of aryl methyl sites for hydroxylation is 2. The van der Waals surface area contributed by atoms with Crippen LogP contribution in [0.1, 0.15) is 54.3 Å². The van der Waals surface area contributed by atoms with Gasteiger partial charge in [0.15, 0.2) is 0 Å². The molecule has 0 atom stereocenters. The number of nitrogens with one attached hydrogen (secondary N) is 1. The molecule has 0 saturated heterocycles. The molecule has 2 aromatic rings. The molecular weight excluding hydrogens is 276 g/mol. The molecule has 1 aromatic heterocycles. The molecule has 0 fully saturated rings. The van der Waals surface area contributed by atoms with Crippen LogP contribution in [0.25, 0.3) is 0 Å². The number of benzene rings is 1. The molecule has 1 heterocycles. The highest BCUT2D eigenvalue weighted by Crippen LogP contribution is 2.26. The standard InChI is InChI=1S/C18H26N2S/c1-4-12-19-13-16-18(14(2)3)20-17(21-16)11-10-15-8-6-5-7-9-15/h5-9,14,19H,4,10-13H2,1-3H3. The Morgan fingerprint density at radius 2 is 1.90 bits per heavy atom. The fourth-order valence-corrected chi connectivity index (χ4v) is 3.57. The number of rotatable bonds is 8. The molecule has 0 spiro atoms. The maximum Gasteiger partial charge on any atom is 0.0935 e. The zero-order valence-electron chi connectivity index (χ0n) is 13.4. The van der Waals surface area contributed by atoms with Crippen LogP contribution in [0.5, 0.6) is 0 Å². The zero-order chi connectivity index (χ0) is 15.1. The summed E-state index contributed by atoms with van der Waals surface area (Å²) in [6.07, 6.45) is 3.30. The van der Waals surface area contributed by atoms with Gasteiger partial charge in [-0.05, 0) is 30.9 Å². The van der Waals surface area contributed by atoms with Gasteiger partial charge in [0, 0.05) is 17.8 Å². The summed E-state index contributed by atoms with van der Waals surface area (Å²) in [6.45, 7) is 8.71. The molecule has 2 rings (SSSR count). The van der Waals surface area contributed by atoms with Gasteiger partial charge < -0.3 is 5.32 Å². The SMILES string of the molecule is CCCNCc1sc(CCc2ccccc2)nc1C(C)C. The summed E-state index contributed by atoms with van der Waals surface area (Å²) < 4.78 is 0. The van der Waals surface area contributed by atoms with Gasteiger partial charge >= 0.3 is 0 Å². The Kier molecular flexibility index (Phi) is 6.40. The Morgan fingerprint density at radius 3 is 2.57 bits per heavy atom. The van der Waals surface area contributed by atoms with Crippen molar-refractivity contribution in [2.75, 3.05) is 6.54 Å². The second-order valence-corrected chi connectivity index (χ2v) is 6.90. The number of hydrogen-bond donors (Lipinski definition) is 1. The summed E-state index contributed by atoms with van der Waals surface area (Å²) in [4.78, 5) is 6.30. The molecule has 0 unspecified atom stereocenters. The first-order valence-corrected chi connectivity index (χ1v) is 8.75. The summed E-state index contributed by atoms with van der Waals surface area (Å²) in [5.41, 5.74) is 2.68. The lowest BCUT2D eigenvalue weighted by molar-refractivity contribution is 0.670. The van der Waals surface area contributed by atoms with Gasteiger partial charge in [-0.3, -0.25) is 0 Å². The molecule has 3 heteroatoms. The molecule has 0 saturated carbocycles. The van der Waals surface area contributed by atoms with Gasteiger partial charge in [0.2, 0.25) is 0 Å². The Hall–Kier alpha value is -1.19. The lowest BCUT2D eigenvalue weighted by Crippen LogP contribution is -2.14. The first kappa shape index (κ1) is 16.2. The van der Waals surface area contributed by atoms with Crippen molar-refractivity contribution < 1.29 is 0 Å². The average Bonchev–Trinajstić information content (AvgIpc) is 2.90. The predicted octanol–water partition coefficient (Wildman–Crippen LogP) is 4.55. The Bertz CT molecular complexity index is 531. The van der Waals surface area contributed by atoms with Gasteiger partial charge in [-0.2, -0.15) is 0 Å². The molecule has 0 aliphatic rings. The van der Waals surface area contributed by atoms with Crippen LogP contribution >= 0.6 is 11.3 Å². The molecule has 0 aliphatic carbocycles. The summed E-state index contributed by atoms with van der Waals surface area (Å²) in [6, 6.07) is 10.7. The Labute approximate surface area is 132 Å². The van der Waals surface area contributed by atoms with E-state index in [9.17, 15) is 0 Å². The van der Waals surface area contributed by atoms with E-state index in [-0.39, 0.29) is 0 Å². The summed E-state index contributed by atoms with van der Waals surface area (Å²) >= 11 is 1.88. The van der Waals surface area contributed by atoms with E-state index in [1.165, 1.54) is 27.6 Å². The van der Waals surface area contributed by atoms with E-state index in [0.717, 1.165) is 25.9 Å². The molecule has 2 nitrogen and oxygen atoms in total. The van der Waals surface area contributed by atoms with Crippen molar-refractivity contribution in [2.24, 2.45) is 0 Å². The van der Waals surface area contributed by atoms with Gasteiger partial charge in [-0.25, -0.2) is 4.98 Å². The smallest absolute Gasteiger partial charge is 0.0935 e. The first-order valence-electron chi connectivity index (χ1n) is 7.93. The molecule has 1 N–H and O–H groups in total. The molecule has 1 aromatic carbocycles. The minimum Gasteiger partial charge on any atom is -0.312 e. The van der Waals surface area contributed by atoms with E-state index in [1.54, 1.807) is 0 Å². The minimum atomic E-state index is 0.505. The van der Waals surface area contributed by atoms with E-state index in [1.807, 2.05) is 11.3 Å². The number of hydrogen-bond acceptors (Lipinski definition) is 3. The molecule has 0 amide bonds. The molecule has 114 valence electrons. The fraction of sp³-hybridized carbons (Fsp3) is 0.500. The second-order valence-electron chi connectivity index (χ2n) is 5.73. The molecule has 21 heavy (non-hydrogen) atoms. The predicted molar refractivity (Wildman–Crippen MR) is 92.1 cm³/mol. The van der Waals surface area contributed by atoms with Crippen LogP contribution in [-0.4, -0.2) is 11.5 Å². The normalized spacial score (nSPS) is 11.2. The molecule has 0 radical (unpaired) electrons. The third-order valence-electron chi connectivity index (χ3n) is 3.50. The van der Waals surface area contributed by atoms with Crippen molar-refractivity contribution >= 4 is 11.3 Å². The van der Waals surface area contributed by atoms with E-state index in [2.05, 4.69) is 56.4 Å². The van der Waals surface area contributed by atoms with Crippen molar-refractivity contribution in [1.82, 2.24) is 10.3 Å². The fourth-order valence-electron chi connectivity index (χ4n) is 2.37. The van der Waals surface area contributed by atoms with Crippen LogP contribution in [0.2, 0.25) is 0 Å². The Morgan fingerprint density at radius 1 is 1.14 bits per heavy atom. The summed E-state index contributed by atoms with van der Waals surface area (Å²) in [5, 5.41) is 4.78. The van der Waals surface area contributed by atoms with Crippen molar-refractivity contribution in [3.05, 3.63) is 51.5 Å². The topological polar surface area (TPSA) is 24.9 Å². The lowest BCUT2D eigenvalue weighted by atomic mass is 10.1. The monoisotopic (exact) mass is 302 g/mol. The maximum atomic E-state index is 4.88. The quantitative estimate of drug-likeness (QED) is 0.724. The third-order valence-corrected chi connectivity index (χ3v) is 4.63. The van der Waals surface area contributed by atoms with Gasteiger partial charge in [-0.15, -0.1) is 11.3 Å². The van der Waals surface area contributed by atoms with Gasteiger partial charge in [0.1, 0.15) is 0 Å². The van der Waals surface area contributed by atoms with Gasteiger partial charge in [-0.1, -0.05) is 51.1 Å². The largest absolute Gasteiger partial charge is 0.312 e. The number of aromatic nitrogens is 1. The highest BCUT2D eigenvalue weighted by atomic mass is 32.1. The zero-order valence-corrected chi connectivity index (χ0v) is 14.2. The van der Waals surface area contributed by atoms with Crippen LogP contribution in [0.4, 0.5) is 0 Å². The summed E-state index contributed by atoms with van der Waals surface area (Å²) in [5.74, 6) is 0.505. The minimum absolute atomic E-state index is 0.505. The van der Waals surface area contributed by atoms with Crippen LogP contribution in [0.3, 0.4) is 0 Å². The highest BCUT2D eigenvalue weighted by molar-refractivity contribution is 7.11. The number of nitrogens with zero attached hydrogens (tertiary/aromatic N) is 1. The molecule has 0 aliphatic heterocycles. The van der Waals surface area contributed by atoms with E-state index in [0.29, 0.717) is 5.92 Å². The lowest BCUT2D eigenvalue weighted by Gasteiger charge is -2.05. The molecule has 0 bridgehead atoms. The van der Waals surface area contributed by atoms with Gasteiger partial charge in [0.25, 0.3) is 0 Å². The van der Waals surface area contributed by atoms with Gasteiger partial charge in [0.05, 0.1) is 10.7 Å². The van der Waals surface area contributed by atoms with Crippen molar-refractivity contribution in [1.29, 1.82) is 0 Å². The van der Waals surface area contributed by atoms with Crippen LogP contribution < -0.4 is 5.32 Å². The summed E-state index contributed by atoms with van der Waals surface area (Å²) in [7, 11) is 0. The van der Waals surface area contributed by atoms with Crippen LogP contribution in [0, 0.1) is 0 Å².